The number of aromatic hydroxyl groups is 1. The Morgan fingerprint density at radius 3 is 2.46 bits per heavy atom. The predicted octanol–water partition coefficient (Wildman–Crippen LogP) is 1.23. The van der Waals surface area contributed by atoms with Gasteiger partial charge in [0.05, 0.1) is 17.6 Å². The number of hydrogen-bond acceptors (Lipinski definition) is 5. The minimum Gasteiger partial charge on any atom is -0.506 e. The van der Waals surface area contributed by atoms with Gasteiger partial charge < -0.3 is 20.0 Å². The van der Waals surface area contributed by atoms with E-state index in [9.17, 15) is 19.8 Å². The summed E-state index contributed by atoms with van der Waals surface area (Å²) >= 11 is 0. The van der Waals surface area contributed by atoms with Gasteiger partial charge in [0.1, 0.15) is 5.75 Å². The highest BCUT2D eigenvalue weighted by atomic mass is 16.4. The van der Waals surface area contributed by atoms with E-state index in [-0.39, 0.29) is 23.6 Å². The molecule has 0 aliphatic carbocycles. The van der Waals surface area contributed by atoms with Crippen molar-refractivity contribution in [2.75, 3.05) is 44.2 Å². The Hall–Kier alpha value is -2.28. The number of phenolic OH excluding ortho intramolecular Hbond substituents is 1. The van der Waals surface area contributed by atoms with Gasteiger partial charge in [0.15, 0.2) is 0 Å². The van der Waals surface area contributed by atoms with Crippen LogP contribution in [0.3, 0.4) is 0 Å². The number of amides is 1. The number of carbonyl (C=O) groups is 2. The fourth-order valence-corrected chi connectivity index (χ4v) is 3.88. The molecule has 2 unspecified atom stereocenters. The third kappa shape index (κ3) is 3.93. The number of rotatable bonds is 4. The van der Waals surface area contributed by atoms with Crippen molar-refractivity contribution in [1.82, 2.24) is 9.80 Å². The minimum absolute atomic E-state index is 0.0629. The molecule has 2 fully saturated rings. The number of piperazine rings is 1. The van der Waals surface area contributed by atoms with Crippen LogP contribution in [0.5, 0.6) is 5.75 Å². The molecule has 2 saturated heterocycles. The molecule has 0 saturated carbocycles. The van der Waals surface area contributed by atoms with Crippen molar-refractivity contribution in [2.45, 2.75) is 25.8 Å². The third-order valence-corrected chi connectivity index (χ3v) is 5.52. The Labute approximate surface area is 153 Å². The number of para-hydroxylation sites is 2. The number of phenols is 1. The van der Waals surface area contributed by atoms with E-state index in [0.717, 1.165) is 18.7 Å². The van der Waals surface area contributed by atoms with Gasteiger partial charge in [-0.2, -0.15) is 0 Å². The average molecular weight is 361 g/mol. The lowest BCUT2D eigenvalue weighted by Crippen LogP contribution is -2.56. The lowest BCUT2D eigenvalue weighted by atomic mass is 9.97. The maximum Gasteiger partial charge on any atom is 0.307 e. The fourth-order valence-electron chi connectivity index (χ4n) is 3.88. The number of benzene rings is 1. The van der Waals surface area contributed by atoms with Crippen LogP contribution in [0, 0.1) is 5.92 Å². The van der Waals surface area contributed by atoms with Gasteiger partial charge in [0, 0.05) is 32.7 Å². The Kier molecular flexibility index (Phi) is 5.66. The molecule has 142 valence electrons. The van der Waals surface area contributed by atoms with Crippen LogP contribution in [0.25, 0.3) is 0 Å². The Balaban J connectivity index is 1.56. The summed E-state index contributed by atoms with van der Waals surface area (Å²) in [5, 5.41) is 19.2. The van der Waals surface area contributed by atoms with Gasteiger partial charge in [-0.05, 0) is 38.4 Å². The molecule has 0 bridgehead atoms. The van der Waals surface area contributed by atoms with Crippen molar-refractivity contribution in [2.24, 2.45) is 5.92 Å². The summed E-state index contributed by atoms with van der Waals surface area (Å²) in [6.45, 7) is 5.65. The molecule has 7 heteroatoms. The number of likely N-dealkylation sites (tertiary alicyclic amines) is 1. The zero-order valence-electron chi connectivity index (χ0n) is 15.2. The molecule has 0 spiro atoms. The standard InChI is InChI=1S/C19H27N3O4/c1-14(22-8-4-5-15(13-22)19(25)26)18(24)21-11-9-20(10-12-21)16-6-2-3-7-17(16)23/h2-3,6-7,14-15,23H,4-5,8-13H2,1H3,(H,25,26). The Morgan fingerprint density at radius 2 is 1.81 bits per heavy atom. The predicted molar refractivity (Wildman–Crippen MR) is 98.3 cm³/mol. The number of nitrogens with zero attached hydrogens (tertiary/aromatic N) is 3. The molecule has 26 heavy (non-hydrogen) atoms. The van der Waals surface area contributed by atoms with E-state index >= 15 is 0 Å². The van der Waals surface area contributed by atoms with Crippen LogP contribution in [0.15, 0.2) is 24.3 Å². The zero-order valence-corrected chi connectivity index (χ0v) is 15.2. The largest absolute Gasteiger partial charge is 0.506 e. The second-order valence-corrected chi connectivity index (χ2v) is 7.15. The van der Waals surface area contributed by atoms with E-state index in [1.165, 1.54) is 0 Å². The average Bonchev–Trinajstić information content (AvgIpc) is 2.67. The molecule has 0 aromatic heterocycles. The highest BCUT2D eigenvalue weighted by molar-refractivity contribution is 5.82. The molecule has 3 rings (SSSR count). The molecular weight excluding hydrogens is 334 g/mol. The minimum atomic E-state index is -0.773. The van der Waals surface area contributed by atoms with Crippen LogP contribution in [-0.2, 0) is 9.59 Å². The van der Waals surface area contributed by atoms with E-state index in [0.29, 0.717) is 39.1 Å². The molecule has 2 heterocycles. The Bertz CT molecular complexity index is 658. The van der Waals surface area contributed by atoms with Gasteiger partial charge in [0.25, 0.3) is 0 Å². The van der Waals surface area contributed by atoms with Crippen LogP contribution in [0.4, 0.5) is 5.69 Å². The number of piperidine rings is 1. The molecule has 2 aliphatic heterocycles. The molecule has 7 nitrogen and oxygen atoms in total. The zero-order chi connectivity index (χ0) is 18.7. The molecular formula is C19H27N3O4. The number of carboxylic acid groups (broad SMARTS) is 1. The summed E-state index contributed by atoms with van der Waals surface area (Å²) in [5.41, 5.74) is 0.799. The number of aliphatic carboxylic acids is 1. The Morgan fingerprint density at radius 1 is 1.12 bits per heavy atom. The second kappa shape index (κ2) is 7.95. The first-order valence-electron chi connectivity index (χ1n) is 9.26. The molecule has 2 atom stereocenters. The van der Waals surface area contributed by atoms with Crippen LogP contribution in [0.1, 0.15) is 19.8 Å². The summed E-state index contributed by atoms with van der Waals surface area (Å²) in [4.78, 5) is 30.0. The van der Waals surface area contributed by atoms with Crippen molar-refractivity contribution in [3.05, 3.63) is 24.3 Å². The number of carbonyl (C=O) groups excluding carboxylic acids is 1. The molecule has 1 aromatic carbocycles. The topological polar surface area (TPSA) is 84.3 Å². The maximum atomic E-state index is 12.9. The molecule has 1 amide bonds. The maximum absolute atomic E-state index is 12.9. The van der Waals surface area contributed by atoms with Gasteiger partial charge >= 0.3 is 5.97 Å². The van der Waals surface area contributed by atoms with Crippen LogP contribution in [-0.4, -0.2) is 77.2 Å². The first-order chi connectivity index (χ1) is 12.5. The normalized spacial score (nSPS) is 22.9. The fraction of sp³-hybridized carbons (Fsp3) is 0.579. The number of carboxylic acids is 1. The van der Waals surface area contributed by atoms with E-state index in [4.69, 9.17) is 0 Å². The van der Waals surface area contributed by atoms with Crippen molar-refractivity contribution in [1.29, 1.82) is 0 Å². The van der Waals surface area contributed by atoms with Crippen LogP contribution >= 0.6 is 0 Å². The van der Waals surface area contributed by atoms with Gasteiger partial charge in [-0.3, -0.25) is 14.5 Å². The van der Waals surface area contributed by atoms with Crippen LogP contribution in [0.2, 0.25) is 0 Å². The van der Waals surface area contributed by atoms with E-state index in [2.05, 4.69) is 4.90 Å². The monoisotopic (exact) mass is 361 g/mol. The highest BCUT2D eigenvalue weighted by Crippen LogP contribution is 2.27. The lowest BCUT2D eigenvalue weighted by Gasteiger charge is -2.40. The SMILES string of the molecule is CC(C(=O)N1CCN(c2ccccc2O)CC1)N1CCCC(C(=O)O)C1. The third-order valence-electron chi connectivity index (χ3n) is 5.52. The van der Waals surface area contributed by atoms with Crippen molar-refractivity contribution >= 4 is 17.6 Å². The summed E-state index contributed by atoms with van der Waals surface area (Å²) < 4.78 is 0. The van der Waals surface area contributed by atoms with E-state index in [1.54, 1.807) is 12.1 Å². The van der Waals surface area contributed by atoms with Crippen molar-refractivity contribution < 1.29 is 19.8 Å². The highest BCUT2D eigenvalue weighted by Gasteiger charge is 2.33. The second-order valence-electron chi connectivity index (χ2n) is 7.15. The van der Waals surface area contributed by atoms with Gasteiger partial charge in [-0.25, -0.2) is 0 Å². The quantitative estimate of drug-likeness (QED) is 0.839. The molecule has 0 radical (unpaired) electrons. The van der Waals surface area contributed by atoms with E-state index in [1.807, 2.05) is 28.9 Å². The van der Waals surface area contributed by atoms with Crippen LogP contribution < -0.4 is 4.90 Å². The number of hydrogen-bond donors (Lipinski definition) is 2. The van der Waals surface area contributed by atoms with Crippen molar-refractivity contribution in [3.8, 4) is 5.75 Å². The van der Waals surface area contributed by atoms with Gasteiger partial charge in [-0.15, -0.1) is 0 Å². The van der Waals surface area contributed by atoms with Gasteiger partial charge in [-0.1, -0.05) is 12.1 Å². The molecule has 2 aliphatic rings. The van der Waals surface area contributed by atoms with E-state index < -0.39 is 5.97 Å². The summed E-state index contributed by atoms with van der Waals surface area (Å²) in [6.07, 6.45) is 1.50. The van der Waals surface area contributed by atoms with Crippen molar-refractivity contribution in [3.63, 3.8) is 0 Å². The molecule has 2 N–H and O–H groups in total. The first-order valence-corrected chi connectivity index (χ1v) is 9.26. The lowest BCUT2D eigenvalue weighted by molar-refractivity contribution is -0.146. The summed E-state index contributed by atoms with van der Waals surface area (Å²) in [7, 11) is 0. The first kappa shape index (κ1) is 18.5. The summed E-state index contributed by atoms with van der Waals surface area (Å²) in [6, 6.07) is 6.95. The van der Waals surface area contributed by atoms with Gasteiger partial charge in [0.2, 0.25) is 5.91 Å². The smallest absolute Gasteiger partial charge is 0.307 e. The summed E-state index contributed by atoms with van der Waals surface area (Å²) in [5.74, 6) is -0.829. The molecule has 1 aromatic rings. The number of anilines is 1.